The lowest BCUT2D eigenvalue weighted by Gasteiger charge is -2.10. The summed E-state index contributed by atoms with van der Waals surface area (Å²) in [5, 5.41) is 0. The lowest BCUT2D eigenvalue weighted by atomic mass is 10.1. The van der Waals surface area contributed by atoms with Crippen LogP contribution < -0.4 is 9.46 Å². The number of nitrogens with one attached hydrogen (secondary N) is 1. The quantitative estimate of drug-likeness (QED) is 0.363. The van der Waals surface area contributed by atoms with Crippen molar-refractivity contribution in [3.05, 3.63) is 110 Å². The highest BCUT2D eigenvalue weighted by molar-refractivity contribution is 7.92. The van der Waals surface area contributed by atoms with Crippen molar-refractivity contribution < 1.29 is 13.2 Å². The number of benzene rings is 3. The molecule has 1 N–H and O–H groups in total. The minimum Gasteiger partial charge on any atom is -0.439 e. The second kappa shape index (κ2) is 9.16. The van der Waals surface area contributed by atoms with Crippen molar-refractivity contribution in [2.45, 2.75) is 4.90 Å². The highest BCUT2D eigenvalue weighted by Crippen LogP contribution is 2.25. The van der Waals surface area contributed by atoms with E-state index in [2.05, 4.69) is 19.7 Å². The van der Waals surface area contributed by atoms with Crippen molar-refractivity contribution in [3.63, 3.8) is 0 Å². The summed E-state index contributed by atoms with van der Waals surface area (Å²) in [5.41, 5.74) is 2.39. The molecule has 0 aliphatic heterocycles. The summed E-state index contributed by atoms with van der Waals surface area (Å²) >= 11 is 0. The van der Waals surface area contributed by atoms with E-state index < -0.39 is 10.0 Å². The van der Waals surface area contributed by atoms with E-state index in [1.807, 2.05) is 30.3 Å². The van der Waals surface area contributed by atoms with Gasteiger partial charge in [-0.1, -0.05) is 42.5 Å². The summed E-state index contributed by atoms with van der Waals surface area (Å²) in [5.74, 6) is 1.47. The van der Waals surface area contributed by atoms with Gasteiger partial charge in [-0.25, -0.2) is 23.4 Å². The zero-order valence-electron chi connectivity index (χ0n) is 17.8. The lowest BCUT2D eigenvalue weighted by Crippen LogP contribution is -2.12. The van der Waals surface area contributed by atoms with Gasteiger partial charge < -0.3 is 4.74 Å². The van der Waals surface area contributed by atoms with Crippen molar-refractivity contribution in [3.8, 4) is 28.6 Å². The Kier molecular flexibility index (Phi) is 5.75. The average Bonchev–Trinajstić information content (AvgIpc) is 3.41. The first kappa shape index (κ1) is 21.4. The second-order valence-electron chi connectivity index (χ2n) is 7.31. The van der Waals surface area contributed by atoms with Crippen molar-refractivity contribution in [1.29, 1.82) is 0 Å². The van der Waals surface area contributed by atoms with Gasteiger partial charge in [0.05, 0.1) is 4.90 Å². The van der Waals surface area contributed by atoms with E-state index in [-0.39, 0.29) is 4.90 Å². The third-order valence-corrected chi connectivity index (χ3v) is 6.39. The maximum atomic E-state index is 12.8. The normalized spacial score (nSPS) is 11.2. The van der Waals surface area contributed by atoms with Gasteiger partial charge in [0.15, 0.2) is 0 Å². The molecule has 0 atom stereocenters. The molecule has 0 aliphatic carbocycles. The van der Waals surface area contributed by atoms with Crippen LogP contribution in [-0.4, -0.2) is 27.9 Å². The summed E-state index contributed by atoms with van der Waals surface area (Å²) in [6, 6.07) is 24.8. The van der Waals surface area contributed by atoms with Crippen molar-refractivity contribution in [2.24, 2.45) is 0 Å². The SMILES string of the molecule is O=S(=O)(Nc1ccc(Oc2cc(-n3ccnc3)ncn2)cc1)c1ccc(-c2ccccc2)cc1. The minimum atomic E-state index is -3.73. The van der Waals surface area contributed by atoms with Crippen molar-refractivity contribution in [2.75, 3.05) is 4.72 Å². The molecule has 0 radical (unpaired) electrons. The van der Waals surface area contributed by atoms with Crippen molar-refractivity contribution >= 4 is 15.7 Å². The van der Waals surface area contributed by atoms with Crippen molar-refractivity contribution in [1.82, 2.24) is 19.5 Å². The molecule has 0 aliphatic rings. The number of anilines is 1. The van der Waals surface area contributed by atoms with E-state index in [1.165, 1.54) is 6.33 Å². The van der Waals surface area contributed by atoms with Crippen LogP contribution in [0.1, 0.15) is 0 Å². The minimum absolute atomic E-state index is 0.181. The molecule has 8 nitrogen and oxygen atoms in total. The Bertz CT molecular complexity index is 1490. The summed E-state index contributed by atoms with van der Waals surface area (Å²) in [4.78, 5) is 12.5. The predicted molar refractivity (Wildman–Crippen MR) is 128 cm³/mol. The van der Waals surface area contributed by atoms with Gasteiger partial charge in [-0.2, -0.15) is 0 Å². The standard InChI is InChI=1S/C25H19N5O3S/c31-34(32,23-12-6-20(7-13-23)19-4-2-1-3-5-19)29-21-8-10-22(11-9-21)33-25-16-24(27-17-28-25)30-15-14-26-18-30/h1-18,29H. The number of hydrogen-bond donors (Lipinski definition) is 1. The van der Waals surface area contributed by atoms with Crippen LogP contribution in [0.25, 0.3) is 16.9 Å². The molecule has 5 rings (SSSR count). The molecular weight excluding hydrogens is 450 g/mol. The van der Waals surface area contributed by atoms with E-state index >= 15 is 0 Å². The molecule has 0 saturated heterocycles. The predicted octanol–water partition coefficient (Wildman–Crippen LogP) is 4.92. The third kappa shape index (κ3) is 4.79. The van der Waals surface area contributed by atoms with Crippen LogP contribution in [0.3, 0.4) is 0 Å². The maximum absolute atomic E-state index is 12.8. The van der Waals surface area contributed by atoms with Gasteiger partial charge in [-0.15, -0.1) is 0 Å². The van der Waals surface area contributed by atoms with Gasteiger partial charge >= 0.3 is 0 Å². The Labute approximate surface area is 196 Å². The van der Waals surface area contributed by atoms with Gasteiger partial charge in [-0.3, -0.25) is 9.29 Å². The smallest absolute Gasteiger partial charge is 0.261 e. The van der Waals surface area contributed by atoms with E-state index in [1.54, 1.807) is 77.9 Å². The number of aromatic nitrogens is 4. The first-order valence-corrected chi connectivity index (χ1v) is 11.8. The number of imidazole rings is 1. The summed E-state index contributed by atoms with van der Waals surface area (Å²) in [6.07, 6.45) is 6.45. The fourth-order valence-electron chi connectivity index (χ4n) is 3.30. The molecule has 0 saturated carbocycles. The van der Waals surface area contributed by atoms with Gasteiger partial charge in [0.2, 0.25) is 5.88 Å². The summed E-state index contributed by atoms with van der Waals surface area (Å²) in [6.45, 7) is 0. The summed E-state index contributed by atoms with van der Waals surface area (Å²) < 4.78 is 35.7. The number of hydrogen-bond acceptors (Lipinski definition) is 6. The molecule has 0 fully saturated rings. The molecule has 2 aromatic heterocycles. The Morgan fingerprint density at radius 1 is 0.824 bits per heavy atom. The number of rotatable bonds is 7. The first-order valence-electron chi connectivity index (χ1n) is 10.3. The van der Waals surface area contributed by atoms with E-state index in [4.69, 9.17) is 4.74 Å². The van der Waals surface area contributed by atoms with E-state index in [9.17, 15) is 8.42 Å². The fourth-order valence-corrected chi connectivity index (χ4v) is 4.36. The van der Waals surface area contributed by atoms with E-state index in [0.29, 0.717) is 23.1 Å². The van der Waals surface area contributed by atoms with Gasteiger partial charge in [-0.05, 0) is 47.5 Å². The molecule has 2 heterocycles. The molecule has 9 heteroatoms. The summed E-state index contributed by atoms with van der Waals surface area (Å²) in [7, 11) is -3.73. The molecular formula is C25H19N5O3S. The van der Waals surface area contributed by atoms with Crippen LogP contribution in [0.2, 0.25) is 0 Å². The Hall–Kier alpha value is -4.50. The molecule has 0 unspecified atom stereocenters. The molecule has 0 spiro atoms. The Morgan fingerprint density at radius 3 is 2.26 bits per heavy atom. The van der Waals surface area contributed by atoms with Crippen LogP contribution in [0, 0.1) is 0 Å². The highest BCUT2D eigenvalue weighted by atomic mass is 32.2. The molecule has 3 aromatic carbocycles. The Morgan fingerprint density at radius 2 is 1.56 bits per heavy atom. The van der Waals surface area contributed by atoms with E-state index in [0.717, 1.165) is 11.1 Å². The molecule has 5 aromatic rings. The molecule has 0 bridgehead atoms. The lowest BCUT2D eigenvalue weighted by molar-refractivity contribution is 0.461. The van der Waals surface area contributed by atoms with Gasteiger partial charge in [0, 0.05) is 24.1 Å². The van der Waals surface area contributed by atoms with Crippen LogP contribution in [0.5, 0.6) is 11.6 Å². The molecule has 0 amide bonds. The largest absolute Gasteiger partial charge is 0.439 e. The topological polar surface area (TPSA) is 99.0 Å². The molecule has 34 heavy (non-hydrogen) atoms. The van der Waals surface area contributed by atoms with Gasteiger partial charge in [0.25, 0.3) is 10.0 Å². The number of ether oxygens (including phenoxy) is 1. The number of nitrogens with zero attached hydrogens (tertiary/aromatic N) is 4. The zero-order valence-corrected chi connectivity index (χ0v) is 18.6. The number of sulfonamides is 1. The van der Waals surface area contributed by atoms with Gasteiger partial charge in [0.1, 0.15) is 24.2 Å². The zero-order chi connectivity index (χ0) is 23.4. The maximum Gasteiger partial charge on any atom is 0.261 e. The van der Waals surface area contributed by atoms with Crippen LogP contribution in [0.4, 0.5) is 5.69 Å². The molecule has 168 valence electrons. The first-order chi connectivity index (χ1) is 16.6. The monoisotopic (exact) mass is 469 g/mol. The second-order valence-corrected chi connectivity index (χ2v) is 8.99. The third-order valence-electron chi connectivity index (χ3n) is 5.00. The van der Waals surface area contributed by atoms with Crippen LogP contribution in [-0.2, 0) is 10.0 Å². The van der Waals surface area contributed by atoms with Crippen LogP contribution in [0.15, 0.2) is 115 Å². The van der Waals surface area contributed by atoms with Crippen LogP contribution >= 0.6 is 0 Å². The Balaban J connectivity index is 1.27. The fraction of sp³-hybridized carbons (Fsp3) is 0. The average molecular weight is 470 g/mol. The highest BCUT2D eigenvalue weighted by Gasteiger charge is 2.14.